The number of hydrogen-bond donors (Lipinski definition) is 0. The van der Waals surface area contributed by atoms with E-state index in [0.717, 1.165) is 10.4 Å². The van der Waals surface area contributed by atoms with Gasteiger partial charge in [-0.25, -0.2) is 0 Å². The average molecular weight is 471 g/mol. The zero-order valence-corrected chi connectivity index (χ0v) is 18.9. The van der Waals surface area contributed by atoms with Crippen LogP contribution in [0.1, 0.15) is 46.3 Å². The fourth-order valence-corrected chi connectivity index (χ4v) is 5.24. The Hall–Kier alpha value is -3.38. The Bertz CT molecular complexity index is 1280. The summed E-state index contributed by atoms with van der Waals surface area (Å²) in [5.74, 6) is -0.609. The third kappa shape index (κ3) is 4.18. The Morgan fingerprint density at radius 3 is 2.67 bits per heavy atom. The molecule has 1 aliphatic rings. The number of amides is 1. The summed E-state index contributed by atoms with van der Waals surface area (Å²) in [5.41, 5.74) is 1.37. The van der Waals surface area contributed by atoms with Gasteiger partial charge in [-0.1, -0.05) is 30.8 Å². The van der Waals surface area contributed by atoms with Crippen LogP contribution in [0.25, 0.3) is 11.1 Å². The minimum absolute atomic E-state index is 0.000544. The summed E-state index contributed by atoms with van der Waals surface area (Å²) in [7, 11) is 0. The molecular weight excluding hydrogens is 449 g/mol. The molecule has 3 aromatic rings. The van der Waals surface area contributed by atoms with E-state index in [9.17, 15) is 23.2 Å². The number of aromatic nitrogens is 2. The maximum Gasteiger partial charge on any atom is 0.435 e. The molecule has 0 N–H and O–H groups in total. The van der Waals surface area contributed by atoms with Crippen LogP contribution in [0.2, 0.25) is 0 Å². The zero-order valence-electron chi connectivity index (χ0n) is 18.1. The Morgan fingerprint density at radius 2 is 2.03 bits per heavy atom. The number of benzene rings is 1. The van der Waals surface area contributed by atoms with E-state index in [1.807, 2.05) is 0 Å². The lowest BCUT2D eigenvalue weighted by molar-refractivity contribution is -0.141. The summed E-state index contributed by atoms with van der Waals surface area (Å²) >= 11 is 1.30. The van der Waals surface area contributed by atoms with Crippen molar-refractivity contribution in [2.24, 2.45) is 0 Å². The number of alkyl halides is 3. The summed E-state index contributed by atoms with van der Waals surface area (Å²) in [6, 6.07) is 10.8. The molecule has 1 aromatic carbocycles. The van der Waals surface area contributed by atoms with E-state index >= 15 is 0 Å². The van der Waals surface area contributed by atoms with E-state index in [1.165, 1.54) is 22.2 Å². The van der Waals surface area contributed by atoms with E-state index in [0.29, 0.717) is 34.7 Å². The first kappa shape index (κ1) is 22.8. The Labute approximate surface area is 193 Å². The standard InChI is InChI=1S/C24H21F3N4OS/c1-4-31-12-20(22(29-31)24(25,26)27)17-8-6-5-7-16(17)19-11-30(23(32)14(2)3)13-21-18(19)9-15(10-28)33-21/h5-9,12,19H,2,4,11,13H2,1,3H3/t19-/m0/s1. The highest BCUT2D eigenvalue weighted by Gasteiger charge is 2.39. The highest BCUT2D eigenvalue weighted by Crippen LogP contribution is 2.44. The van der Waals surface area contributed by atoms with Gasteiger partial charge in [0, 0.05) is 41.2 Å². The zero-order chi connectivity index (χ0) is 23.9. The summed E-state index contributed by atoms with van der Waals surface area (Å²) in [6.45, 7) is 8.02. The minimum Gasteiger partial charge on any atom is -0.333 e. The first-order chi connectivity index (χ1) is 15.6. The smallest absolute Gasteiger partial charge is 0.333 e. The molecule has 0 saturated carbocycles. The third-order valence-electron chi connectivity index (χ3n) is 5.70. The number of nitrogens with zero attached hydrogens (tertiary/aromatic N) is 4. The molecule has 2 aromatic heterocycles. The van der Waals surface area contributed by atoms with Gasteiger partial charge in [-0.3, -0.25) is 9.48 Å². The highest BCUT2D eigenvalue weighted by molar-refractivity contribution is 7.12. The number of carbonyl (C=O) groups excluding carboxylic acids is 1. The summed E-state index contributed by atoms with van der Waals surface area (Å²) < 4.78 is 42.8. The van der Waals surface area contributed by atoms with Crippen molar-refractivity contribution in [2.45, 2.75) is 39.0 Å². The number of halogens is 3. The molecule has 9 heteroatoms. The van der Waals surface area contributed by atoms with Gasteiger partial charge < -0.3 is 4.90 Å². The Balaban J connectivity index is 1.90. The second-order valence-electron chi connectivity index (χ2n) is 7.95. The molecular formula is C24H21F3N4OS. The van der Waals surface area contributed by atoms with Gasteiger partial charge >= 0.3 is 6.18 Å². The maximum atomic E-state index is 13.8. The van der Waals surface area contributed by atoms with E-state index in [-0.39, 0.29) is 18.0 Å². The molecule has 0 radical (unpaired) electrons. The quantitative estimate of drug-likeness (QED) is 0.468. The number of thiophene rings is 1. The van der Waals surface area contributed by atoms with Crippen molar-refractivity contribution in [2.75, 3.05) is 6.54 Å². The van der Waals surface area contributed by atoms with E-state index in [2.05, 4.69) is 17.7 Å². The largest absolute Gasteiger partial charge is 0.435 e. The first-order valence-corrected chi connectivity index (χ1v) is 11.2. The van der Waals surface area contributed by atoms with Gasteiger partial charge in [0.05, 0.1) is 6.54 Å². The second kappa shape index (κ2) is 8.52. The van der Waals surface area contributed by atoms with E-state index in [4.69, 9.17) is 0 Å². The monoisotopic (exact) mass is 470 g/mol. The minimum atomic E-state index is -4.61. The van der Waals surface area contributed by atoms with Crippen LogP contribution in [0.4, 0.5) is 13.2 Å². The Morgan fingerprint density at radius 1 is 1.30 bits per heavy atom. The lowest BCUT2D eigenvalue weighted by Gasteiger charge is -2.34. The molecule has 0 saturated heterocycles. The molecule has 170 valence electrons. The van der Waals surface area contributed by atoms with Crippen molar-refractivity contribution in [3.05, 3.63) is 75.3 Å². The van der Waals surface area contributed by atoms with Crippen molar-refractivity contribution >= 4 is 17.2 Å². The average Bonchev–Trinajstić information content (AvgIpc) is 3.41. The van der Waals surface area contributed by atoms with Gasteiger partial charge in [0.15, 0.2) is 5.69 Å². The first-order valence-electron chi connectivity index (χ1n) is 10.4. The molecule has 0 spiro atoms. The number of carbonyl (C=O) groups is 1. The lowest BCUT2D eigenvalue weighted by atomic mass is 9.83. The van der Waals surface area contributed by atoms with Crippen molar-refractivity contribution in [3.8, 4) is 17.2 Å². The van der Waals surface area contributed by atoms with Crippen LogP contribution in [0.15, 0.2) is 48.7 Å². The molecule has 5 nitrogen and oxygen atoms in total. The van der Waals surface area contributed by atoms with Crippen LogP contribution in [-0.2, 0) is 24.1 Å². The van der Waals surface area contributed by atoms with Crippen LogP contribution in [-0.4, -0.2) is 27.1 Å². The molecule has 0 fully saturated rings. The van der Waals surface area contributed by atoms with Gasteiger partial charge in [-0.2, -0.15) is 23.5 Å². The van der Waals surface area contributed by atoms with Gasteiger partial charge in [0.1, 0.15) is 10.9 Å². The number of aryl methyl sites for hydroxylation is 1. The maximum absolute atomic E-state index is 13.8. The van der Waals surface area contributed by atoms with E-state index < -0.39 is 17.8 Å². The Kier molecular flexibility index (Phi) is 5.89. The van der Waals surface area contributed by atoms with Crippen molar-refractivity contribution < 1.29 is 18.0 Å². The van der Waals surface area contributed by atoms with Gasteiger partial charge in [-0.15, -0.1) is 11.3 Å². The molecule has 0 unspecified atom stereocenters. The van der Waals surface area contributed by atoms with E-state index in [1.54, 1.807) is 49.1 Å². The number of hydrogen-bond acceptors (Lipinski definition) is 4. The molecule has 1 amide bonds. The molecule has 3 heterocycles. The fraction of sp³-hybridized carbons (Fsp3) is 0.292. The van der Waals surface area contributed by atoms with Crippen molar-refractivity contribution in [3.63, 3.8) is 0 Å². The van der Waals surface area contributed by atoms with Crippen molar-refractivity contribution in [1.29, 1.82) is 5.26 Å². The SMILES string of the molecule is C=C(C)C(=O)N1Cc2sc(C#N)cc2[C@H](c2ccccc2-c2cn(CC)nc2C(F)(F)F)C1. The lowest BCUT2D eigenvalue weighted by Crippen LogP contribution is -2.38. The normalized spacial score (nSPS) is 15.8. The molecule has 1 aliphatic heterocycles. The van der Waals surface area contributed by atoms with Crippen LogP contribution in [0, 0.1) is 11.3 Å². The topological polar surface area (TPSA) is 61.9 Å². The molecule has 0 aliphatic carbocycles. The number of rotatable bonds is 4. The molecule has 0 bridgehead atoms. The van der Waals surface area contributed by atoms with Gasteiger partial charge in [0.25, 0.3) is 0 Å². The fourth-order valence-electron chi connectivity index (χ4n) is 4.20. The van der Waals surface area contributed by atoms with Crippen LogP contribution in [0.5, 0.6) is 0 Å². The molecule has 33 heavy (non-hydrogen) atoms. The number of fused-ring (bicyclic) bond motifs is 1. The second-order valence-corrected chi connectivity index (χ2v) is 9.09. The summed E-state index contributed by atoms with van der Waals surface area (Å²) in [4.78, 5) is 15.7. The summed E-state index contributed by atoms with van der Waals surface area (Å²) in [5, 5.41) is 13.2. The van der Waals surface area contributed by atoms with Crippen molar-refractivity contribution in [1.82, 2.24) is 14.7 Å². The van der Waals surface area contributed by atoms with Crippen LogP contribution in [0.3, 0.4) is 0 Å². The predicted octanol–water partition coefficient (Wildman–Crippen LogP) is 5.57. The highest BCUT2D eigenvalue weighted by atomic mass is 32.1. The predicted molar refractivity (Wildman–Crippen MR) is 119 cm³/mol. The molecule has 1 atom stereocenters. The molecule has 4 rings (SSSR count). The van der Waals surface area contributed by atoms with Gasteiger partial charge in [-0.05, 0) is 36.6 Å². The van der Waals surface area contributed by atoms with Crippen LogP contribution < -0.4 is 0 Å². The van der Waals surface area contributed by atoms with Gasteiger partial charge in [0.2, 0.25) is 5.91 Å². The number of nitriles is 1. The summed E-state index contributed by atoms with van der Waals surface area (Å²) in [6.07, 6.45) is -3.20. The van der Waals surface area contributed by atoms with Crippen LogP contribution >= 0.6 is 11.3 Å². The third-order valence-corrected chi connectivity index (χ3v) is 6.74.